The van der Waals surface area contributed by atoms with Crippen molar-refractivity contribution in [3.05, 3.63) is 67.3 Å². The predicted octanol–water partition coefficient (Wildman–Crippen LogP) is 4.15. The topological polar surface area (TPSA) is 29.5 Å². The van der Waals surface area contributed by atoms with Crippen molar-refractivity contribution in [3.8, 4) is 5.75 Å². The van der Waals surface area contributed by atoms with E-state index in [1.807, 2.05) is 37.3 Å². The molecule has 1 unspecified atom stereocenters. The minimum absolute atomic E-state index is 0.0812. The number of rotatable bonds is 7. The Hall–Kier alpha value is -2.55. The van der Waals surface area contributed by atoms with Gasteiger partial charge in [-0.2, -0.15) is 0 Å². The van der Waals surface area contributed by atoms with Crippen LogP contribution in [0.3, 0.4) is 0 Å². The summed E-state index contributed by atoms with van der Waals surface area (Å²) in [6.07, 6.45) is 3.47. The lowest BCUT2D eigenvalue weighted by atomic mass is 9.96. The molecule has 2 rings (SSSR count). The Morgan fingerprint density at radius 1 is 1.13 bits per heavy atom. The monoisotopic (exact) mass is 309 g/mol. The highest BCUT2D eigenvalue weighted by Crippen LogP contribution is 2.26. The third-order valence-corrected chi connectivity index (χ3v) is 3.95. The number of carbonyl (C=O) groups excluding carboxylic acids is 1. The number of amides is 1. The minimum Gasteiger partial charge on any atom is -0.497 e. The maximum absolute atomic E-state index is 12.7. The van der Waals surface area contributed by atoms with Crippen LogP contribution in [0, 0.1) is 0 Å². The van der Waals surface area contributed by atoms with Crippen LogP contribution in [0.15, 0.2) is 61.7 Å². The standard InChI is InChI=1S/C20H23NO2/c1-5-11-21(12-6-2)20(22)15(3)16-7-8-18-14-19(23-4)10-9-17(18)13-16/h5-10,13-15H,1-2,11-12H2,3-4H3. The molecular formula is C20H23NO2. The molecule has 0 spiro atoms. The predicted molar refractivity (Wildman–Crippen MR) is 95.9 cm³/mol. The summed E-state index contributed by atoms with van der Waals surface area (Å²) in [5.74, 6) is 0.705. The van der Waals surface area contributed by atoms with Gasteiger partial charge in [0.15, 0.2) is 0 Å². The van der Waals surface area contributed by atoms with E-state index in [1.54, 1.807) is 24.2 Å². The van der Waals surface area contributed by atoms with Gasteiger partial charge in [0.2, 0.25) is 5.91 Å². The Bertz CT molecular complexity index is 711. The first kappa shape index (κ1) is 16.8. The van der Waals surface area contributed by atoms with Crippen LogP contribution in [0.4, 0.5) is 0 Å². The molecule has 1 amide bonds. The summed E-state index contributed by atoms with van der Waals surface area (Å²) in [6, 6.07) is 12.0. The van der Waals surface area contributed by atoms with Crippen molar-refractivity contribution in [2.75, 3.05) is 20.2 Å². The molecule has 3 nitrogen and oxygen atoms in total. The summed E-state index contributed by atoms with van der Waals surface area (Å²) < 4.78 is 5.24. The number of ether oxygens (including phenoxy) is 1. The van der Waals surface area contributed by atoms with E-state index in [-0.39, 0.29) is 11.8 Å². The Balaban J connectivity index is 2.29. The molecule has 0 fully saturated rings. The van der Waals surface area contributed by atoms with E-state index >= 15 is 0 Å². The largest absolute Gasteiger partial charge is 0.497 e. The van der Waals surface area contributed by atoms with Crippen LogP contribution >= 0.6 is 0 Å². The molecule has 3 heteroatoms. The normalized spacial score (nSPS) is 11.7. The quantitative estimate of drug-likeness (QED) is 0.719. The first-order chi connectivity index (χ1) is 11.1. The highest BCUT2D eigenvalue weighted by Gasteiger charge is 2.20. The molecule has 0 radical (unpaired) electrons. The first-order valence-corrected chi connectivity index (χ1v) is 7.69. The van der Waals surface area contributed by atoms with Gasteiger partial charge in [0.1, 0.15) is 5.75 Å². The SMILES string of the molecule is C=CCN(CC=C)C(=O)C(C)c1ccc2cc(OC)ccc2c1. The Labute approximate surface area is 137 Å². The molecule has 0 aliphatic carbocycles. The summed E-state index contributed by atoms with van der Waals surface area (Å²) in [4.78, 5) is 14.4. The number of fused-ring (bicyclic) bond motifs is 1. The zero-order valence-electron chi connectivity index (χ0n) is 13.8. The van der Waals surface area contributed by atoms with Crippen LogP contribution in [0.25, 0.3) is 10.8 Å². The van der Waals surface area contributed by atoms with Crippen LogP contribution in [-0.4, -0.2) is 31.0 Å². The Morgan fingerprint density at radius 3 is 2.35 bits per heavy atom. The lowest BCUT2D eigenvalue weighted by Crippen LogP contribution is -2.34. The van der Waals surface area contributed by atoms with Crippen LogP contribution < -0.4 is 4.74 Å². The highest BCUT2D eigenvalue weighted by atomic mass is 16.5. The second-order valence-corrected chi connectivity index (χ2v) is 5.51. The smallest absolute Gasteiger partial charge is 0.230 e. The second-order valence-electron chi connectivity index (χ2n) is 5.51. The summed E-state index contributed by atoms with van der Waals surface area (Å²) in [5.41, 5.74) is 1.01. The van der Waals surface area contributed by atoms with Gasteiger partial charge < -0.3 is 9.64 Å². The van der Waals surface area contributed by atoms with Crippen molar-refractivity contribution >= 4 is 16.7 Å². The van der Waals surface area contributed by atoms with Crippen LogP contribution in [0.5, 0.6) is 5.75 Å². The van der Waals surface area contributed by atoms with Crippen molar-refractivity contribution < 1.29 is 9.53 Å². The molecule has 0 saturated carbocycles. The number of hydrogen-bond acceptors (Lipinski definition) is 2. The van der Waals surface area contributed by atoms with Crippen molar-refractivity contribution in [1.29, 1.82) is 0 Å². The van der Waals surface area contributed by atoms with Gasteiger partial charge in [0.25, 0.3) is 0 Å². The van der Waals surface area contributed by atoms with E-state index in [0.29, 0.717) is 13.1 Å². The van der Waals surface area contributed by atoms with E-state index in [4.69, 9.17) is 4.74 Å². The fourth-order valence-corrected chi connectivity index (χ4v) is 2.62. The van der Waals surface area contributed by atoms with Gasteiger partial charge in [-0.05, 0) is 35.4 Å². The Morgan fingerprint density at radius 2 is 1.74 bits per heavy atom. The zero-order valence-corrected chi connectivity index (χ0v) is 13.8. The molecular weight excluding hydrogens is 286 g/mol. The molecule has 2 aromatic carbocycles. The van der Waals surface area contributed by atoms with Crippen molar-refractivity contribution in [2.24, 2.45) is 0 Å². The molecule has 0 N–H and O–H groups in total. The van der Waals surface area contributed by atoms with Gasteiger partial charge in [0, 0.05) is 13.1 Å². The molecule has 0 saturated heterocycles. The molecule has 0 heterocycles. The fraction of sp³-hybridized carbons (Fsp3) is 0.250. The summed E-state index contributed by atoms with van der Waals surface area (Å²) >= 11 is 0. The highest BCUT2D eigenvalue weighted by molar-refractivity contribution is 5.88. The second kappa shape index (κ2) is 7.63. The van der Waals surface area contributed by atoms with E-state index in [1.165, 1.54) is 0 Å². The van der Waals surface area contributed by atoms with Gasteiger partial charge in [0.05, 0.1) is 13.0 Å². The molecule has 120 valence electrons. The van der Waals surface area contributed by atoms with Gasteiger partial charge in [-0.15, -0.1) is 13.2 Å². The van der Waals surface area contributed by atoms with E-state index < -0.39 is 0 Å². The molecule has 0 aromatic heterocycles. The van der Waals surface area contributed by atoms with Crippen molar-refractivity contribution in [3.63, 3.8) is 0 Å². The number of hydrogen-bond donors (Lipinski definition) is 0. The van der Waals surface area contributed by atoms with E-state index in [2.05, 4.69) is 19.2 Å². The average molecular weight is 309 g/mol. The molecule has 2 aromatic rings. The fourth-order valence-electron chi connectivity index (χ4n) is 2.62. The molecule has 0 bridgehead atoms. The van der Waals surface area contributed by atoms with Crippen molar-refractivity contribution in [2.45, 2.75) is 12.8 Å². The zero-order chi connectivity index (χ0) is 16.8. The van der Waals surface area contributed by atoms with Gasteiger partial charge >= 0.3 is 0 Å². The van der Waals surface area contributed by atoms with Gasteiger partial charge in [-0.1, -0.05) is 36.4 Å². The summed E-state index contributed by atoms with van der Waals surface area (Å²) in [5, 5.41) is 2.20. The third-order valence-electron chi connectivity index (χ3n) is 3.95. The molecule has 1 atom stereocenters. The van der Waals surface area contributed by atoms with Crippen LogP contribution in [0.2, 0.25) is 0 Å². The Kier molecular flexibility index (Phi) is 5.58. The minimum atomic E-state index is -0.207. The van der Waals surface area contributed by atoms with Crippen LogP contribution in [0.1, 0.15) is 18.4 Å². The number of carbonyl (C=O) groups is 1. The lowest BCUT2D eigenvalue weighted by molar-refractivity contribution is -0.131. The van der Waals surface area contributed by atoms with Crippen LogP contribution in [-0.2, 0) is 4.79 Å². The lowest BCUT2D eigenvalue weighted by Gasteiger charge is -2.23. The number of benzene rings is 2. The summed E-state index contributed by atoms with van der Waals surface area (Å²) in [7, 11) is 1.66. The number of methoxy groups -OCH3 is 1. The van der Waals surface area contributed by atoms with Gasteiger partial charge in [-0.3, -0.25) is 4.79 Å². The van der Waals surface area contributed by atoms with E-state index in [0.717, 1.165) is 22.1 Å². The maximum atomic E-state index is 12.7. The number of nitrogens with zero attached hydrogens (tertiary/aromatic N) is 1. The average Bonchev–Trinajstić information content (AvgIpc) is 2.59. The molecule has 0 aliphatic rings. The first-order valence-electron chi connectivity index (χ1n) is 7.69. The van der Waals surface area contributed by atoms with Crippen molar-refractivity contribution in [1.82, 2.24) is 4.90 Å². The van der Waals surface area contributed by atoms with E-state index in [9.17, 15) is 4.79 Å². The molecule has 23 heavy (non-hydrogen) atoms. The third kappa shape index (κ3) is 3.81. The maximum Gasteiger partial charge on any atom is 0.230 e. The molecule has 0 aliphatic heterocycles. The summed E-state index contributed by atoms with van der Waals surface area (Å²) in [6.45, 7) is 10.4. The van der Waals surface area contributed by atoms with Gasteiger partial charge in [-0.25, -0.2) is 0 Å².